The molecule has 0 radical (unpaired) electrons. The third-order valence-corrected chi connectivity index (χ3v) is 6.97. The van der Waals surface area contributed by atoms with Gasteiger partial charge in [0.15, 0.2) is 5.96 Å². The Morgan fingerprint density at radius 2 is 1.69 bits per heavy atom. The van der Waals surface area contributed by atoms with Crippen LogP contribution in [0.1, 0.15) is 70.6 Å². The smallest absolute Gasteiger partial charge is 0.225 e. The predicted octanol–water partition coefficient (Wildman–Crippen LogP) is 3.22. The molecule has 7 heteroatoms. The number of nitrogens with one attached hydrogen (secondary N) is 2. The second-order valence-electron chi connectivity index (χ2n) is 9.02. The van der Waals surface area contributed by atoms with E-state index >= 15 is 0 Å². The number of halogens is 1. The topological polar surface area (TPSA) is 60.0 Å². The Balaban J connectivity index is 0.00000300. The van der Waals surface area contributed by atoms with Crippen LogP contribution < -0.4 is 10.6 Å². The van der Waals surface area contributed by atoms with Crippen molar-refractivity contribution in [1.82, 2.24) is 20.4 Å². The summed E-state index contributed by atoms with van der Waals surface area (Å²) >= 11 is 0. The quantitative estimate of drug-likeness (QED) is 0.322. The molecule has 6 nitrogen and oxygen atoms in total. The third-order valence-electron chi connectivity index (χ3n) is 6.97. The minimum absolute atomic E-state index is 0. The minimum atomic E-state index is 0. The lowest BCUT2D eigenvalue weighted by Crippen LogP contribution is -2.47. The molecule has 0 aromatic heterocycles. The van der Waals surface area contributed by atoms with Gasteiger partial charge < -0.3 is 20.4 Å². The summed E-state index contributed by atoms with van der Waals surface area (Å²) in [7, 11) is 4.08. The molecule has 2 aliphatic carbocycles. The van der Waals surface area contributed by atoms with E-state index in [4.69, 9.17) is 0 Å². The van der Waals surface area contributed by atoms with Gasteiger partial charge in [-0.05, 0) is 39.2 Å². The summed E-state index contributed by atoms with van der Waals surface area (Å²) in [6, 6.07) is 1.06. The van der Waals surface area contributed by atoms with Crippen LogP contribution in [0.15, 0.2) is 4.99 Å². The first-order valence-electron chi connectivity index (χ1n) is 11.6. The highest BCUT2D eigenvalue weighted by molar-refractivity contribution is 14.0. The number of aliphatic imine (C=N–C) groups is 1. The van der Waals surface area contributed by atoms with Crippen LogP contribution in [0.4, 0.5) is 0 Å². The van der Waals surface area contributed by atoms with Gasteiger partial charge in [0.05, 0.1) is 0 Å². The van der Waals surface area contributed by atoms with E-state index in [0.29, 0.717) is 11.9 Å². The number of rotatable bonds is 6. The van der Waals surface area contributed by atoms with Gasteiger partial charge in [-0.3, -0.25) is 9.79 Å². The lowest BCUT2D eigenvalue weighted by Gasteiger charge is -2.31. The van der Waals surface area contributed by atoms with E-state index in [2.05, 4.69) is 32.5 Å². The van der Waals surface area contributed by atoms with Crippen molar-refractivity contribution in [3.8, 4) is 0 Å². The maximum atomic E-state index is 12.7. The number of guanidine groups is 1. The molecule has 29 heavy (non-hydrogen) atoms. The zero-order valence-electron chi connectivity index (χ0n) is 18.5. The standard InChI is InChI=1S/C22H41N5O.HI/c1-23-22(24-14-16-26(2)20-11-7-4-8-12-20)25-19-13-15-27(17-19)21(28)18-9-5-3-6-10-18;/h18-20H,3-17H2,1-2H3,(H2,23,24,25);1H. The second kappa shape index (κ2) is 13.0. The van der Waals surface area contributed by atoms with Crippen molar-refractivity contribution in [3.05, 3.63) is 0 Å². The Morgan fingerprint density at radius 1 is 1.03 bits per heavy atom. The van der Waals surface area contributed by atoms with Crippen molar-refractivity contribution in [2.45, 2.75) is 82.7 Å². The first kappa shape index (κ1) is 24.7. The van der Waals surface area contributed by atoms with Gasteiger partial charge in [-0.25, -0.2) is 0 Å². The first-order valence-corrected chi connectivity index (χ1v) is 11.6. The zero-order chi connectivity index (χ0) is 19.8. The van der Waals surface area contributed by atoms with Gasteiger partial charge in [0.25, 0.3) is 0 Å². The SMILES string of the molecule is CN=C(NCCN(C)C1CCCCC1)NC1CCN(C(=O)C2CCCCC2)C1.I. The Bertz CT molecular complexity index is 517. The maximum absolute atomic E-state index is 12.7. The van der Waals surface area contributed by atoms with Crippen molar-refractivity contribution in [2.24, 2.45) is 10.9 Å². The van der Waals surface area contributed by atoms with Gasteiger partial charge in [0.1, 0.15) is 0 Å². The molecule has 1 aliphatic heterocycles. The number of hydrogen-bond donors (Lipinski definition) is 2. The van der Waals surface area contributed by atoms with Crippen molar-refractivity contribution in [1.29, 1.82) is 0 Å². The molecule has 1 heterocycles. The van der Waals surface area contributed by atoms with E-state index in [1.165, 1.54) is 51.4 Å². The summed E-state index contributed by atoms with van der Waals surface area (Å²) in [5, 5.41) is 7.00. The normalized spacial score (nSPS) is 24.4. The number of hydrogen-bond acceptors (Lipinski definition) is 3. The van der Waals surface area contributed by atoms with E-state index in [1.54, 1.807) is 0 Å². The fraction of sp³-hybridized carbons (Fsp3) is 0.909. The average Bonchev–Trinajstić information content (AvgIpc) is 3.22. The summed E-state index contributed by atoms with van der Waals surface area (Å²) in [5.74, 6) is 1.54. The second-order valence-corrected chi connectivity index (χ2v) is 9.02. The van der Waals surface area contributed by atoms with E-state index < -0.39 is 0 Å². The molecule has 0 aromatic carbocycles. The number of amides is 1. The van der Waals surface area contributed by atoms with Gasteiger partial charge in [0.2, 0.25) is 5.91 Å². The molecule has 168 valence electrons. The molecule has 0 spiro atoms. The van der Waals surface area contributed by atoms with Crippen molar-refractivity contribution in [3.63, 3.8) is 0 Å². The molecule has 0 aromatic rings. The van der Waals surface area contributed by atoms with Crippen LogP contribution in [0.5, 0.6) is 0 Å². The molecular formula is C22H42IN5O. The largest absolute Gasteiger partial charge is 0.355 e. The lowest BCUT2D eigenvalue weighted by atomic mass is 9.88. The highest BCUT2D eigenvalue weighted by Crippen LogP contribution is 2.26. The van der Waals surface area contributed by atoms with Crippen molar-refractivity contribution < 1.29 is 4.79 Å². The summed E-state index contributed by atoms with van der Waals surface area (Å²) in [6.45, 7) is 3.65. The number of carbonyl (C=O) groups excluding carboxylic acids is 1. The van der Waals surface area contributed by atoms with E-state index in [0.717, 1.165) is 57.4 Å². The lowest BCUT2D eigenvalue weighted by molar-refractivity contribution is -0.135. The van der Waals surface area contributed by atoms with Crippen LogP contribution in [0, 0.1) is 5.92 Å². The molecule has 2 N–H and O–H groups in total. The maximum Gasteiger partial charge on any atom is 0.225 e. The minimum Gasteiger partial charge on any atom is -0.355 e. The van der Waals surface area contributed by atoms with Crippen molar-refractivity contribution in [2.75, 3.05) is 40.3 Å². The summed E-state index contributed by atoms with van der Waals surface area (Å²) in [4.78, 5) is 21.7. The van der Waals surface area contributed by atoms with E-state index in [-0.39, 0.29) is 29.9 Å². The molecule has 0 bridgehead atoms. The van der Waals surface area contributed by atoms with E-state index in [9.17, 15) is 4.79 Å². The fourth-order valence-corrected chi connectivity index (χ4v) is 5.13. The van der Waals surface area contributed by atoms with Crippen LogP contribution >= 0.6 is 24.0 Å². The van der Waals surface area contributed by atoms with Crippen LogP contribution in [0.2, 0.25) is 0 Å². The number of carbonyl (C=O) groups is 1. The number of likely N-dealkylation sites (tertiary alicyclic amines) is 1. The Morgan fingerprint density at radius 3 is 2.34 bits per heavy atom. The molecule has 3 aliphatic rings. The Kier molecular flexibility index (Phi) is 11.0. The van der Waals surface area contributed by atoms with Crippen LogP contribution in [-0.2, 0) is 4.79 Å². The first-order chi connectivity index (χ1) is 13.7. The Hall–Kier alpha value is -0.570. The van der Waals surface area contributed by atoms with Gasteiger partial charge >= 0.3 is 0 Å². The van der Waals surface area contributed by atoms with Gasteiger partial charge in [-0.1, -0.05) is 38.5 Å². The third kappa shape index (κ3) is 7.56. The number of nitrogens with zero attached hydrogens (tertiary/aromatic N) is 3. The molecule has 3 fully saturated rings. The zero-order valence-corrected chi connectivity index (χ0v) is 20.8. The summed E-state index contributed by atoms with van der Waals surface area (Å²) in [6.07, 6.45) is 13.8. The highest BCUT2D eigenvalue weighted by Gasteiger charge is 2.31. The molecule has 1 saturated heterocycles. The molecule has 1 unspecified atom stereocenters. The van der Waals surface area contributed by atoms with E-state index in [1.807, 2.05) is 7.05 Å². The van der Waals surface area contributed by atoms with Crippen LogP contribution in [-0.4, -0.2) is 74.0 Å². The summed E-state index contributed by atoms with van der Waals surface area (Å²) in [5.41, 5.74) is 0. The fourth-order valence-electron chi connectivity index (χ4n) is 5.13. The van der Waals surface area contributed by atoms with Gasteiger partial charge in [0, 0.05) is 51.2 Å². The van der Waals surface area contributed by atoms with Gasteiger partial charge in [-0.2, -0.15) is 0 Å². The molecular weight excluding hydrogens is 477 g/mol. The molecule has 3 rings (SSSR count). The number of likely N-dealkylation sites (N-methyl/N-ethyl adjacent to an activating group) is 1. The Labute approximate surface area is 194 Å². The monoisotopic (exact) mass is 519 g/mol. The molecule has 1 atom stereocenters. The predicted molar refractivity (Wildman–Crippen MR) is 131 cm³/mol. The highest BCUT2D eigenvalue weighted by atomic mass is 127. The average molecular weight is 520 g/mol. The van der Waals surface area contributed by atoms with Gasteiger partial charge in [-0.15, -0.1) is 24.0 Å². The van der Waals surface area contributed by atoms with Crippen molar-refractivity contribution >= 4 is 35.8 Å². The summed E-state index contributed by atoms with van der Waals surface area (Å²) < 4.78 is 0. The van der Waals surface area contributed by atoms with Crippen LogP contribution in [0.25, 0.3) is 0 Å². The molecule has 2 saturated carbocycles. The van der Waals surface area contributed by atoms with Crippen LogP contribution in [0.3, 0.4) is 0 Å². The molecule has 1 amide bonds.